The van der Waals surface area contributed by atoms with E-state index >= 15 is 0 Å². The Kier molecular flexibility index (Phi) is 7.07. The first-order chi connectivity index (χ1) is 16.9. The minimum Gasteiger partial charge on any atom is -0.493 e. The molecule has 1 amide bonds. The number of carbonyl (C=O) groups is 3. The molecule has 0 unspecified atom stereocenters. The summed E-state index contributed by atoms with van der Waals surface area (Å²) in [4.78, 5) is 42.3. The SMILES string of the molecule is COC(=O)Cn1c(=NC(=O)c2ccc(C(=O)c3ccccc3)cc2)sc2cc(OC)c(OC)cc21. The van der Waals surface area contributed by atoms with E-state index in [4.69, 9.17) is 14.2 Å². The number of carbonyl (C=O) groups excluding carboxylic acids is 3. The molecule has 0 saturated carbocycles. The average Bonchev–Trinajstić information content (AvgIpc) is 3.22. The van der Waals surface area contributed by atoms with E-state index in [1.54, 1.807) is 65.2 Å². The van der Waals surface area contributed by atoms with Gasteiger partial charge in [-0.15, -0.1) is 0 Å². The van der Waals surface area contributed by atoms with E-state index in [-0.39, 0.29) is 12.3 Å². The molecule has 0 atom stereocenters. The fraction of sp³-hybridized carbons (Fsp3) is 0.154. The number of esters is 1. The topological polar surface area (TPSA) is 96.2 Å². The lowest BCUT2D eigenvalue weighted by Gasteiger charge is -2.09. The number of aromatic nitrogens is 1. The molecule has 35 heavy (non-hydrogen) atoms. The van der Waals surface area contributed by atoms with Gasteiger partial charge in [-0.25, -0.2) is 0 Å². The minimum atomic E-state index is -0.507. The molecule has 4 rings (SSSR count). The molecule has 4 aromatic rings. The van der Waals surface area contributed by atoms with Gasteiger partial charge < -0.3 is 18.8 Å². The largest absolute Gasteiger partial charge is 0.493 e. The predicted molar refractivity (Wildman–Crippen MR) is 131 cm³/mol. The fourth-order valence-corrected chi connectivity index (χ4v) is 4.54. The summed E-state index contributed by atoms with van der Waals surface area (Å²) >= 11 is 1.23. The van der Waals surface area contributed by atoms with E-state index in [1.807, 2.05) is 6.07 Å². The van der Waals surface area contributed by atoms with Crippen molar-refractivity contribution in [2.45, 2.75) is 6.54 Å². The standard InChI is InChI=1S/C26H22N2O6S/c1-32-20-13-19-22(14-21(20)33-2)35-26(28(19)15-23(29)34-3)27-25(31)18-11-9-17(10-12-18)24(30)16-7-5-4-6-8-16/h4-14H,15H2,1-3H3. The van der Waals surface area contributed by atoms with Crippen LogP contribution in [-0.4, -0.2) is 43.6 Å². The van der Waals surface area contributed by atoms with Gasteiger partial charge in [0, 0.05) is 28.8 Å². The molecule has 9 heteroatoms. The molecule has 0 aliphatic rings. The van der Waals surface area contributed by atoms with Gasteiger partial charge in [0.25, 0.3) is 5.91 Å². The number of benzene rings is 3. The number of ketones is 1. The molecule has 0 aliphatic heterocycles. The van der Waals surface area contributed by atoms with Crippen LogP contribution >= 0.6 is 11.3 Å². The Morgan fingerprint density at radius 1 is 0.829 bits per heavy atom. The Balaban J connectivity index is 1.72. The number of nitrogens with zero attached hydrogens (tertiary/aromatic N) is 2. The Morgan fingerprint density at radius 3 is 2.06 bits per heavy atom. The van der Waals surface area contributed by atoms with Crippen molar-refractivity contribution >= 4 is 39.2 Å². The molecule has 0 fully saturated rings. The van der Waals surface area contributed by atoms with Crippen molar-refractivity contribution in [3.05, 3.63) is 88.2 Å². The Labute approximate surface area is 205 Å². The molecular weight excluding hydrogens is 468 g/mol. The van der Waals surface area contributed by atoms with Gasteiger partial charge in [-0.2, -0.15) is 4.99 Å². The summed E-state index contributed by atoms with van der Waals surface area (Å²) in [6.45, 7) is -0.136. The quantitative estimate of drug-likeness (QED) is 0.288. The normalized spacial score (nSPS) is 11.3. The number of ether oxygens (including phenoxy) is 3. The summed E-state index contributed by atoms with van der Waals surface area (Å²) in [6.07, 6.45) is 0. The van der Waals surface area contributed by atoms with Crippen molar-refractivity contribution < 1.29 is 28.6 Å². The molecular formula is C26H22N2O6S. The number of hydrogen-bond donors (Lipinski definition) is 0. The molecule has 0 spiro atoms. The Hall–Kier alpha value is -4.24. The van der Waals surface area contributed by atoms with Crippen LogP contribution in [0.25, 0.3) is 10.2 Å². The van der Waals surface area contributed by atoms with Crippen LogP contribution in [0.1, 0.15) is 26.3 Å². The number of amides is 1. The summed E-state index contributed by atoms with van der Waals surface area (Å²) in [5.41, 5.74) is 1.99. The van der Waals surface area contributed by atoms with Gasteiger partial charge in [0.15, 0.2) is 22.1 Å². The van der Waals surface area contributed by atoms with Crippen LogP contribution in [-0.2, 0) is 16.1 Å². The van der Waals surface area contributed by atoms with Crippen molar-refractivity contribution in [1.82, 2.24) is 4.57 Å². The van der Waals surface area contributed by atoms with Crippen LogP contribution in [0.3, 0.4) is 0 Å². The van der Waals surface area contributed by atoms with Crippen molar-refractivity contribution in [3.63, 3.8) is 0 Å². The molecule has 0 N–H and O–H groups in total. The van der Waals surface area contributed by atoms with Gasteiger partial charge in [-0.1, -0.05) is 53.8 Å². The summed E-state index contributed by atoms with van der Waals surface area (Å²) in [5.74, 6) is -0.134. The third kappa shape index (κ3) is 4.99. The first-order valence-electron chi connectivity index (χ1n) is 10.6. The maximum absolute atomic E-state index is 13.0. The summed E-state index contributed by atoms with van der Waals surface area (Å²) < 4.78 is 17.9. The van der Waals surface area contributed by atoms with E-state index in [0.717, 1.165) is 4.70 Å². The molecule has 0 saturated heterocycles. The van der Waals surface area contributed by atoms with Crippen LogP contribution in [0.4, 0.5) is 0 Å². The van der Waals surface area contributed by atoms with Crippen molar-refractivity contribution in [2.75, 3.05) is 21.3 Å². The van der Waals surface area contributed by atoms with Gasteiger partial charge in [-0.05, 0) is 12.1 Å². The van der Waals surface area contributed by atoms with Crippen LogP contribution in [0, 0.1) is 0 Å². The zero-order valence-corrected chi connectivity index (χ0v) is 20.1. The zero-order valence-electron chi connectivity index (χ0n) is 19.3. The van der Waals surface area contributed by atoms with Gasteiger partial charge in [0.1, 0.15) is 6.54 Å². The maximum atomic E-state index is 13.0. The third-order valence-electron chi connectivity index (χ3n) is 5.33. The zero-order chi connectivity index (χ0) is 24.9. The van der Waals surface area contributed by atoms with Crippen LogP contribution in [0.2, 0.25) is 0 Å². The molecule has 1 aromatic heterocycles. The Morgan fingerprint density at radius 2 is 1.43 bits per heavy atom. The van der Waals surface area contributed by atoms with Gasteiger partial charge in [-0.3, -0.25) is 14.4 Å². The Bertz CT molecular complexity index is 1470. The molecule has 3 aromatic carbocycles. The monoisotopic (exact) mass is 490 g/mol. The molecule has 8 nitrogen and oxygen atoms in total. The van der Waals surface area contributed by atoms with Crippen molar-refractivity contribution in [3.8, 4) is 11.5 Å². The summed E-state index contributed by atoms with van der Waals surface area (Å²) in [6, 6.07) is 18.7. The lowest BCUT2D eigenvalue weighted by Crippen LogP contribution is -2.22. The second-order valence-corrected chi connectivity index (χ2v) is 8.42. The van der Waals surface area contributed by atoms with E-state index in [2.05, 4.69) is 4.99 Å². The van der Waals surface area contributed by atoms with Crippen molar-refractivity contribution in [1.29, 1.82) is 0 Å². The van der Waals surface area contributed by atoms with Crippen LogP contribution in [0.15, 0.2) is 71.7 Å². The van der Waals surface area contributed by atoms with E-state index in [0.29, 0.717) is 38.5 Å². The van der Waals surface area contributed by atoms with Crippen molar-refractivity contribution in [2.24, 2.45) is 4.99 Å². The van der Waals surface area contributed by atoms with Crippen LogP contribution < -0.4 is 14.3 Å². The minimum absolute atomic E-state index is 0.134. The molecule has 0 radical (unpaired) electrons. The summed E-state index contributed by atoms with van der Waals surface area (Å²) in [5, 5.41) is 0. The van der Waals surface area contributed by atoms with E-state index < -0.39 is 11.9 Å². The van der Waals surface area contributed by atoms with Gasteiger partial charge in [0.2, 0.25) is 0 Å². The van der Waals surface area contributed by atoms with E-state index in [9.17, 15) is 14.4 Å². The van der Waals surface area contributed by atoms with Crippen LogP contribution in [0.5, 0.6) is 11.5 Å². The molecule has 0 bridgehead atoms. The number of thiazole rings is 1. The molecule has 178 valence electrons. The lowest BCUT2D eigenvalue weighted by atomic mass is 10.0. The second-order valence-electron chi connectivity index (χ2n) is 7.41. The molecule has 0 aliphatic carbocycles. The highest BCUT2D eigenvalue weighted by Crippen LogP contribution is 2.33. The predicted octanol–water partition coefficient (Wildman–Crippen LogP) is 3.87. The number of hydrogen-bond acceptors (Lipinski definition) is 7. The number of rotatable bonds is 7. The molecule has 1 heterocycles. The maximum Gasteiger partial charge on any atom is 0.325 e. The van der Waals surface area contributed by atoms with Gasteiger partial charge in [0.05, 0.1) is 31.5 Å². The highest BCUT2D eigenvalue weighted by molar-refractivity contribution is 7.16. The smallest absolute Gasteiger partial charge is 0.325 e. The second kappa shape index (κ2) is 10.4. The number of fused-ring (bicyclic) bond motifs is 1. The van der Waals surface area contributed by atoms with E-state index in [1.165, 1.54) is 32.7 Å². The first-order valence-corrected chi connectivity index (χ1v) is 11.4. The first kappa shape index (κ1) is 23.9. The highest BCUT2D eigenvalue weighted by atomic mass is 32.1. The fourth-order valence-electron chi connectivity index (χ4n) is 3.50. The average molecular weight is 491 g/mol. The highest BCUT2D eigenvalue weighted by Gasteiger charge is 2.16. The third-order valence-corrected chi connectivity index (χ3v) is 6.37. The van der Waals surface area contributed by atoms with Gasteiger partial charge >= 0.3 is 5.97 Å². The lowest BCUT2D eigenvalue weighted by molar-refractivity contribution is -0.141. The number of methoxy groups -OCH3 is 3. The summed E-state index contributed by atoms with van der Waals surface area (Å²) in [7, 11) is 4.34.